The molecule has 14 heteroatoms. The number of nitrogens with one attached hydrogen (secondary N) is 1. The van der Waals surface area contributed by atoms with Gasteiger partial charge in [0.2, 0.25) is 11.0 Å². The van der Waals surface area contributed by atoms with Crippen LogP contribution in [0.3, 0.4) is 0 Å². The number of rotatable bonds is 10. The average molecular weight is 570 g/mol. The lowest BCUT2D eigenvalue weighted by Gasteiger charge is -2.24. The zero-order chi connectivity index (χ0) is 28.2. The topological polar surface area (TPSA) is 154 Å². The molecular formula is C25H23N5O7S2. The number of aromatic nitrogens is 2. The van der Waals surface area contributed by atoms with Crippen molar-refractivity contribution in [3.63, 3.8) is 0 Å². The molecule has 0 spiro atoms. The highest BCUT2D eigenvalue weighted by Gasteiger charge is 2.29. The van der Waals surface area contributed by atoms with E-state index in [0.29, 0.717) is 22.1 Å². The fourth-order valence-electron chi connectivity index (χ4n) is 3.55. The minimum Gasteiger partial charge on any atom is -0.497 e. The van der Waals surface area contributed by atoms with E-state index in [9.17, 15) is 23.3 Å². The van der Waals surface area contributed by atoms with Crippen LogP contribution in [0.2, 0.25) is 0 Å². The third-order valence-electron chi connectivity index (χ3n) is 5.62. The Hall–Kier alpha value is -4.56. The van der Waals surface area contributed by atoms with E-state index in [1.54, 1.807) is 43.5 Å². The number of ether oxygens (including phenoxy) is 2. The predicted molar refractivity (Wildman–Crippen MR) is 146 cm³/mol. The quantitative estimate of drug-likeness (QED) is 0.218. The number of nitro groups is 1. The molecule has 1 aromatic heterocycles. The normalized spacial score (nSPS) is 11.1. The maximum atomic E-state index is 13.7. The van der Waals surface area contributed by atoms with Crippen molar-refractivity contribution in [2.24, 2.45) is 0 Å². The number of benzene rings is 3. The van der Waals surface area contributed by atoms with Gasteiger partial charge in [-0.3, -0.25) is 24.5 Å². The molecule has 39 heavy (non-hydrogen) atoms. The summed E-state index contributed by atoms with van der Waals surface area (Å²) >= 11 is 1.11. The Morgan fingerprint density at radius 3 is 2.21 bits per heavy atom. The van der Waals surface area contributed by atoms with Crippen LogP contribution in [0, 0.1) is 17.0 Å². The maximum Gasteiger partial charge on any atom is 0.273 e. The second kappa shape index (κ2) is 11.4. The summed E-state index contributed by atoms with van der Waals surface area (Å²) in [7, 11) is -1.37. The number of nitro benzene ring substituents is 1. The third kappa shape index (κ3) is 6.13. The Kier molecular flexibility index (Phi) is 8.07. The maximum absolute atomic E-state index is 13.7. The van der Waals surface area contributed by atoms with Crippen LogP contribution in [-0.2, 0) is 14.8 Å². The fraction of sp³-hybridized carbons (Fsp3) is 0.160. The lowest BCUT2D eigenvalue weighted by molar-refractivity contribution is -0.385. The Balaban J connectivity index is 1.62. The monoisotopic (exact) mass is 569 g/mol. The van der Waals surface area contributed by atoms with Gasteiger partial charge in [0.1, 0.15) is 23.1 Å². The molecule has 3 aromatic carbocycles. The number of carbonyl (C=O) groups is 1. The molecule has 4 rings (SSSR count). The zero-order valence-corrected chi connectivity index (χ0v) is 22.7. The van der Waals surface area contributed by atoms with Gasteiger partial charge in [0.05, 0.1) is 29.7 Å². The van der Waals surface area contributed by atoms with Crippen LogP contribution in [0.5, 0.6) is 11.5 Å². The van der Waals surface area contributed by atoms with Crippen LogP contribution in [-0.4, -0.2) is 50.2 Å². The summed E-state index contributed by atoms with van der Waals surface area (Å²) in [4.78, 5) is 23.5. The van der Waals surface area contributed by atoms with E-state index < -0.39 is 27.4 Å². The Morgan fingerprint density at radius 2 is 1.62 bits per heavy atom. The van der Waals surface area contributed by atoms with Crippen LogP contribution >= 0.6 is 11.3 Å². The fourth-order valence-corrected chi connectivity index (χ4v) is 5.76. The van der Waals surface area contributed by atoms with Crippen LogP contribution < -0.4 is 19.1 Å². The molecule has 4 aromatic rings. The van der Waals surface area contributed by atoms with Crippen LogP contribution in [0.1, 0.15) is 5.56 Å². The molecule has 0 unspecified atom stereocenters. The van der Waals surface area contributed by atoms with Gasteiger partial charge in [-0.1, -0.05) is 17.4 Å². The number of amides is 1. The molecule has 1 N–H and O–H groups in total. The van der Waals surface area contributed by atoms with Gasteiger partial charge in [-0.25, -0.2) is 8.42 Å². The molecule has 1 amide bonds. The Labute approximate surface area is 228 Å². The average Bonchev–Trinajstić information content (AvgIpc) is 3.40. The summed E-state index contributed by atoms with van der Waals surface area (Å²) in [5.41, 5.74) is 0.870. The molecule has 1 heterocycles. The molecule has 0 saturated heterocycles. The van der Waals surface area contributed by atoms with Gasteiger partial charge in [-0.05, 0) is 61.5 Å². The summed E-state index contributed by atoms with van der Waals surface area (Å²) in [6, 6.07) is 16.7. The lowest BCUT2D eigenvalue weighted by Crippen LogP contribution is -2.38. The van der Waals surface area contributed by atoms with Gasteiger partial charge in [0.25, 0.3) is 15.7 Å². The van der Waals surface area contributed by atoms with Crippen LogP contribution in [0.25, 0.3) is 10.6 Å². The molecule has 0 aliphatic heterocycles. The van der Waals surface area contributed by atoms with E-state index in [2.05, 4.69) is 15.5 Å². The van der Waals surface area contributed by atoms with Crippen molar-refractivity contribution in [3.05, 3.63) is 82.4 Å². The van der Waals surface area contributed by atoms with Gasteiger partial charge in [0.15, 0.2) is 0 Å². The number of aryl methyl sites for hydroxylation is 1. The minimum absolute atomic E-state index is 0.158. The van der Waals surface area contributed by atoms with Crippen LogP contribution in [0.15, 0.2) is 71.6 Å². The van der Waals surface area contributed by atoms with Crippen molar-refractivity contribution in [2.45, 2.75) is 11.8 Å². The summed E-state index contributed by atoms with van der Waals surface area (Å²) in [6.45, 7) is 0.874. The third-order valence-corrected chi connectivity index (χ3v) is 8.28. The van der Waals surface area contributed by atoms with Crippen molar-refractivity contribution in [1.82, 2.24) is 10.2 Å². The molecule has 0 bridgehead atoms. The molecule has 0 saturated carbocycles. The highest BCUT2D eigenvalue weighted by molar-refractivity contribution is 7.92. The number of anilines is 2. The molecule has 0 aliphatic rings. The van der Waals surface area contributed by atoms with Gasteiger partial charge >= 0.3 is 0 Å². The highest BCUT2D eigenvalue weighted by Crippen LogP contribution is 2.30. The number of nitrogens with zero attached hydrogens (tertiary/aromatic N) is 4. The molecule has 0 radical (unpaired) electrons. The number of sulfonamides is 1. The lowest BCUT2D eigenvalue weighted by atomic mass is 10.2. The highest BCUT2D eigenvalue weighted by atomic mass is 32.2. The number of hydrogen-bond acceptors (Lipinski definition) is 10. The first kappa shape index (κ1) is 27.5. The van der Waals surface area contributed by atoms with E-state index in [1.165, 1.54) is 38.3 Å². The minimum atomic E-state index is -4.40. The Bertz CT molecular complexity index is 1600. The molecule has 0 atom stereocenters. The second-order valence-corrected chi connectivity index (χ2v) is 10.9. The van der Waals surface area contributed by atoms with E-state index in [0.717, 1.165) is 27.3 Å². The van der Waals surface area contributed by atoms with Gasteiger partial charge in [0, 0.05) is 17.2 Å². The number of hydrogen-bond donors (Lipinski definition) is 1. The first-order valence-corrected chi connectivity index (χ1v) is 13.6. The van der Waals surface area contributed by atoms with Gasteiger partial charge in [-0.2, -0.15) is 0 Å². The summed E-state index contributed by atoms with van der Waals surface area (Å²) in [5.74, 6) is 0.468. The SMILES string of the molecule is COc1ccc(-c2nnc(NC(=O)CN(c3ccc(OC)cc3)S(=O)(=O)c3ccc(C)c([N+](=O)[O-])c3)s2)cc1. The van der Waals surface area contributed by atoms with Gasteiger partial charge in [-0.15, -0.1) is 10.2 Å². The second-order valence-electron chi connectivity index (χ2n) is 8.10. The zero-order valence-electron chi connectivity index (χ0n) is 21.0. The first-order valence-electron chi connectivity index (χ1n) is 11.3. The standard InChI is InChI=1S/C25H23N5O7S2/c1-16-4-13-21(14-22(16)30(32)33)39(34,35)29(18-7-11-20(37-3)12-8-18)15-23(31)26-25-28-27-24(38-25)17-5-9-19(36-2)10-6-17/h4-14H,15H2,1-3H3,(H,26,28,31). The van der Waals surface area contributed by atoms with E-state index in [-0.39, 0.29) is 21.4 Å². The van der Waals surface area contributed by atoms with Crippen molar-refractivity contribution in [1.29, 1.82) is 0 Å². The first-order chi connectivity index (χ1) is 18.6. The van der Waals surface area contributed by atoms with Gasteiger partial charge < -0.3 is 9.47 Å². The van der Waals surface area contributed by atoms with Crippen molar-refractivity contribution in [3.8, 4) is 22.1 Å². The van der Waals surface area contributed by atoms with Crippen molar-refractivity contribution >= 4 is 43.8 Å². The van der Waals surface area contributed by atoms with E-state index >= 15 is 0 Å². The summed E-state index contributed by atoms with van der Waals surface area (Å²) in [6.07, 6.45) is 0. The number of methoxy groups -OCH3 is 2. The van der Waals surface area contributed by atoms with Crippen LogP contribution in [0.4, 0.5) is 16.5 Å². The van der Waals surface area contributed by atoms with Crippen molar-refractivity contribution < 1.29 is 27.6 Å². The summed E-state index contributed by atoms with van der Waals surface area (Å²) < 4.78 is 38.5. The largest absolute Gasteiger partial charge is 0.497 e. The van der Waals surface area contributed by atoms with E-state index in [1.807, 2.05) is 0 Å². The molecule has 202 valence electrons. The summed E-state index contributed by atoms with van der Waals surface area (Å²) in [5, 5.41) is 22.8. The number of carbonyl (C=O) groups excluding carboxylic acids is 1. The Morgan fingerprint density at radius 1 is 1.00 bits per heavy atom. The van der Waals surface area contributed by atoms with E-state index in [4.69, 9.17) is 9.47 Å². The smallest absolute Gasteiger partial charge is 0.273 e. The predicted octanol–water partition coefficient (Wildman–Crippen LogP) is 4.27. The van der Waals surface area contributed by atoms with Crippen molar-refractivity contribution in [2.75, 3.05) is 30.4 Å². The molecular weight excluding hydrogens is 546 g/mol. The molecule has 0 aliphatic carbocycles. The molecule has 12 nitrogen and oxygen atoms in total. The molecule has 0 fully saturated rings.